The smallest absolute Gasteiger partial charge is 0.338 e. The van der Waals surface area contributed by atoms with E-state index in [1.807, 2.05) is 0 Å². The molecule has 7 heteroatoms. The van der Waals surface area contributed by atoms with E-state index in [-0.39, 0.29) is 24.6 Å². The molecule has 0 spiro atoms. The summed E-state index contributed by atoms with van der Waals surface area (Å²) in [6.45, 7) is 2.37. The van der Waals surface area contributed by atoms with Crippen molar-refractivity contribution in [3.8, 4) is 0 Å². The summed E-state index contributed by atoms with van der Waals surface area (Å²) in [6.07, 6.45) is 0. The van der Waals surface area contributed by atoms with Crippen molar-refractivity contribution in [3.05, 3.63) is 29.8 Å². The molecule has 6 nitrogen and oxygen atoms in total. The van der Waals surface area contributed by atoms with Gasteiger partial charge in [0, 0.05) is 13.1 Å². The van der Waals surface area contributed by atoms with Crippen molar-refractivity contribution in [1.82, 2.24) is 4.72 Å². The van der Waals surface area contributed by atoms with Gasteiger partial charge in [-0.3, -0.25) is 0 Å². The molecule has 3 N–H and O–H groups in total. The number of carbonyl (C=O) groups excluding carboxylic acids is 1. The molecule has 18 heavy (non-hydrogen) atoms. The van der Waals surface area contributed by atoms with E-state index in [0.717, 1.165) is 0 Å². The number of sulfonamides is 1. The highest BCUT2D eigenvalue weighted by molar-refractivity contribution is 7.89. The second kappa shape index (κ2) is 6.48. The van der Waals surface area contributed by atoms with Crippen LogP contribution in [0, 0.1) is 0 Å². The molecule has 0 atom stereocenters. The first kappa shape index (κ1) is 14.6. The molecule has 0 aliphatic carbocycles. The van der Waals surface area contributed by atoms with E-state index < -0.39 is 16.0 Å². The number of esters is 1. The van der Waals surface area contributed by atoms with Crippen LogP contribution in [0.3, 0.4) is 0 Å². The Labute approximate surface area is 106 Å². The van der Waals surface area contributed by atoms with E-state index in [1.54, 1.807) is 6.92 Å². The van der Waals surface area contributed by atoms with Gasteiger partial charge in [0.2, 0.25) is 10.0 Å². The predicted octanol–water partition coefficient (Wildman–Crippen LogP) is 0.100. The molecule has 0 bridgehead atoms. The zero-order valence-corrected chi connectivity index (χ0v) is 10.9. The van der Waals surface area contributed by atoms with Crippen LogP contribution in [0.1, 0.15) is 17.3 Å². The van der Waals surface area contributed by atoms with Gasteiger partial charge in [-0.2, -0.15) is 0 Å². The van der Waals surface area contributed by atoms with Crippen LogP contribution < -0.4 is 10.5 Å². The lowest BCUT2D eigenvalue weighted by Crippen LogP contribution is -2.29. The summed E-state index contributed by atoms with van der Waals surface area (Å²) in [4.78, 5) is 11.5. The first-order chi connectivity index (χ1) is 8.51. The third kappa shape index (κ3) is 3.80. The first-order valence-electron chi connectivity index (χ1n) is 5.48. The van der Waals surface area contributed by atoms with Crippen LogP contribution in [0.25, 0.3) is 0 Å². The summed E-state index contributed by atoms with van der Waals surface area (Å²) in [5, 5.41) is 0. The van der Waals surface area contributed by atoms with E-state index >= 15 is 0 Å². The molecular weight excluding hydrogens is 256 g/mol. The topological polar surface area (TPSA) is 98.5 Å². The molecule has 1 aromatic carbocycles. The van der Waals surface area contributed by atoms with Gasteiger partial charge in [0.25, 0.3) is 0 Å². The minimum Gasteiger partial charge on any atom is -0.462 e. The zero-order valence-electron chi connectivity index (χ0n) is 10.0. The van der Waals surface area contributed by atoms with E-state index in [4.69, 9.17) is 10.5 Å². The predicted molar refractivity (Wildman–Crippen MR) is 66.6 cm³/mol. The van der Waals surface area contributed by atoms with Crippen molar-refractivity contribution in [1.29, 1.82) is 0 Å². The van der Waals surface area contributed by atoms with E-state index in [9.17, 15) is 13.2 Å². The molecule has 0 aliphatic heterocycles. The fraction of sp³-hybridized carbons (Fsp3) is 0.364. The Balaban J connectivity index is 2.85. The highest BCUT2D eigenvalue weighted by Crippen LogP contribution is 2.11. The molecule has 0 radical (unpaired) electrons. The van der Waals surface area contributed by atoms with E-state index in [0.29, 0.717) is 5.56 Å². The molecule has 0 unspecified atom stereocenters. The number of hydrogen-bond acceptors (Lipinski definition) is 5. The Morgan fingerprint density at radius 2 is 1.94 bits per heavy atom. The molecule has 1 rings (SSSR count). The molecule has 0 heterocycles. The molecule has 0 saturated heterocycles. The highest BCUT2D eigenvalue weighted by atomic mass is 32.2. The molecule has 0 saturated carbocycles. The van der Waals surface area contributed by atoms with Gasteiger partial charge >= 0.3 is 5.97 Å². The second-order valence-corrected chi connectivity index (χ2v) is 5.20. The lowest BCUT2D eigenvalue weighted by atomic mass is 10.2. The average Bonchev–Trinajstić information content (AvgIpc) is 2.37. The van der Waals surface area contributed by atoms with Gasteiger partial charge in [-0.05, 0) is 31.2 Å². The Bertz CT molecular complexity index is 496. The molecule has 1 aromatic rings. The zero-order chi connectivity index (χ0) is 13.6. The van der Waals surface area contributed by atoms with Gasteiger partial charge in [-0.25, -0.2) is 17.9 Å². The van der Waals surface area contributed by atoms with Gasteiger partial charge in [0.15, 0.2) is 0 Å². The third-order valence-electron chi connectivity index (χ3n) is 2.11. The highest BCUT2D eigenvalue weighted by Gasteiger charge is 2.14. The number of hydrogen-bond donors (Lipinski definition) is 2. The van der Waals surface area contributed by atoms with Gasteiger partial charge in [-0.15, -0.1) is 0 Å². The Kier molecular flexibility index (Phi) is 5.26. The van der Waals surface area contributed by atoms with Gasteiger partial charge < -0.3 is 10.5 Å². The van der Waals surface area contributed by atoms with Crippen LogP contribution in [0.15, 0.2) is 29.2 Å². The fourth-order valence-corrected chi connectivity index (χ4v) is 2.31. The van der Waals surface area contributed by atoms with Crippen molar-refractivity contribution >= 4 is 16.0 Å². The Morgan fingerprint density at radius 1 is 1.33 bits per heavy atom. The summed E-state index contributed by atoms with van der Waals surface area (Å²) in [7, 11) is -3.56. The maximum Gasteiger partial charge on any atom is 0.338 e. The van der Waals surface area contributed by atoms with Gasteiger partial charge in [-0.1, -0.05) is 0 Å². The fourth-order valence-electron chi connectivity index (χ4n) is 1.26. The van der Waals surface area contributed by atoms with Crippen molar-refractivity contribution in [2.24, 2.45) is 5.73 Å². The lowest BCUT2D eigenvalue weighted by Gasteiger charge is -2.06. The Morgan fingerprint density at radius 3 is 2.44 bits per heavy atom. The van der Waals surface area contributed by atoms with E-state index in [2.05, 4.69) is 4.72 Å². The van der Waals surface area contributed by atoms with Crippen molar-refractivity contribution in [2.45, 2.75) is 11.8 Å². The largest absolute Gasteiger partial charge is 0.462 e. The SMILES string of the molecule is CCOC(=O)c1ccc(S(=O)(=O)NCCN)cc1. The summed E-state index contributed by atoms with van der Waals surface area (Å²) in [5.74, 6) is -0.476. The van der Waals surface area contributed by atoms with Crippen LogP contribution in [-0.2, 0) is 14.8 Å². The van der Waals surface area contributed by atoms with Crippen molar-refractivity contribution in [3.63, 3.8) is 0 Å². The molecule has 0 aliphatic rings. The van der Waals surface area contributed by atoms with Gasteiger partial charge in [0.1, 0.15) is 0 Å². The number of ether oxygens (including phenoxy) is 1. The molecule has 0 amide bonds. The monoisotopic (exact) mass is 272 g/mol. The standard InChI is InChI=1S/C11H16N2O4S/c1-2-17-11(14)9-3-5-10(6-4-9)18(15,16)13-8-7-12/h3-6,13H,2,7-8,12H2,1H3. The van der Waals surface area contributed by atoms with Crippen LogP contribution in [0.5, 0.6) is 0 Å². The number of nitrogens with one attached hydrogen (secondary N) is 1. The average molecular weight is 272 g/mol. The number of rotatable bonds is 6. The molecule has 0 aromatic heterocycles. The number of benzene rings is 1. The maximum atomic E-state index is 11.7. The summed E-state index contributed by atoms with van der Waals surface area (Å²) in [6, 6.07) is 5.53. The molecule has 100 valence electrons. The Hall–Kier alpha value is -1.44. The quantitative estimate of drug-likeness (QED) is 0.716. The van der Waals surface area contributed by atoms with E-state index in [1.165, 1.54) is 24.3 Å². The third-order valence-corrected chi connectivity index (χ3v) is 3.59. The van der Waals surface area contributed by atoms with Crippen molar-refractivity contribution < 1.29 is 17.9 Å². The number of carbonyl (C=O) groups is 1. The lowest BCUT2D eigenvalue weighted by molar-refractivity contribution is 0.0526. The van der Waals surface area contributed by atoms with Crippen LogP contribution in [0.2, 0.25) is 0 Å². The van der Waals surface area contributed by atoms with Crippen LogP contribution >= 0.6 is 0 Å². The maximum absolute atomic E-state index is 11.7. The summed E-state index contributed by atoms with van der Waals surface area (Å²) in [5.41, 5.74) is 5.54. The number of nitrogens with two attached hydrogens (primary N) is 1. The van der Waals surface area contributed by atoms with Crippen LogP contribution in [0.4, 0.5) is 0 Å². The summed E-state index contributed by atoms with van der Waals surface area (Å²) < 4.78 is 30.6. The normalized spacial score (nSPS) is 11.2. The van der Waals surface area contributed by atoms with Crippen LogP contribution in [-0.4, -0.2) is 34.1 Å². The summed E-state index contributed by atoms with van der Waals surface area (Å²) >= 11 is 0. The second-order valence-electron chi connectivity index (χ2n) is 3.43. The minimum absolute atomic E-state index is 0.0870. The van der Waals surface area contributed by atoms with Gasteiger partial charge in [0.05, 0.1) is 17.1 Å². The molecule has 0 fully saturated rings. The minimum atomic E-state index is -3.56. The van der Waals surface area contributed by atoms with Crippen molar-refractivity contribution in [2.75, 3.05) is 19.7 Å². The first-order valence-corrected chi connectivity index (χ1v) is 6.96. The molecular formula is C11H16N2O4S.